The predicted molar refractivity (Wildman–Crippen MR) is 99.2 cm³/mol. The molecule has 1 saturated heterocycles. The summed E-state index contributed by atoms with van der Waals surface area (Å²) in [6.07, 6.45) is -3.64. The van der Waals surface area contributed by atoms with E-state index >= 15 is 0 Å². The summed E-state index contributed by atoms with van der Waals surface area (Å²) in [5.41, 5.74) is -2.90. The van der Waals surface area contributed by atoms with E-state index < -0.39 is 35.4 Å². The van der Waals surface area contributed by atoms with Gasteiger partial charge in [-0.1, -0.05) is 6.07 Å². The molecule has 0 bridgehead atoms. The van der Waals surface area contributed by atoms with Crippen LogP contribution in [0.3, 0.4) is 0 Å². The van der Waals surface area contributed by atoms with Gasteiger partial charge in [0, 0.05) is 37.0 Å². The van der Waals surface area contributed by atoms with E-state index in [1.165, 1.54) is 16.7 Å². The second-order valence-electron chi connectivity index (χ2n) is 7.34. The SMILES string of the molecule is CC(O)(c1ccc2ncc(-c3cc(F)cc(NC4CNCC4F)n3)n2c1)C(F)(F)F. The van der Waals surface area contributed by atoms with Crippen LogP contribution in [0.1, 0.15) is 12.5 Å². The predicted octanol–water partition coefficient (Wildman–Crippen LogP) is 3.03. The number of fused-ring (bicyclic) bond motifs is 1. The molecule has 0 radical (unpaired) electrons. The van der Waals surface area contributed by atoms with Gasteiger partial charge in [-0.15, -0.1) is 0 Å². The van der Waals surface area contributed by atoms with Gasteiger partial charge in [-0.3, -0.25) is 4.40 Å². The van der Waals surface area contributed by atoms with Crippen molar-refractivity contribution in [2.24, 2.45) is 0 Å². The van der Waals surface area contributed by atoms with Crippen molar-refractivity contribution in [3.8, 4) is 11.4 Å². The standard InChI is InChI=1S/C19H18F5N5O/c1-18(30,19(22,23)24)10-2-3-17-26-8-15(29(17)9-10)13-4-11(20)5-16(27-13)28-14-7-25-6-12(14)21/h2-5,8-9,12,14,25,30H,6-7H2,1H3,(H,27,28). The van der Waals surface area contributed by atoms with Crippen molar-refractivity contribution < 1.29 is 27.1 Å². The van der Waals surface area contributed by atoms with E-state index in [0.29, 0.717) is 13.5 Å². The lowest BCUT2D eigenvalue weighted by Crippen LogP contribution is -2.39. The molecule has 3 aromatic rings. The van der Waals surface area contributed by atoms with Crippen LogP contribution in [-0.4, -0.2) is 51.0 Å². The van der Waals surface area contributed by atoms with Crippen LogP contribution >= 0.6 is 0 Å². The number of pyridine rings is 2. The number of rotatable bonds is 4. The van der Waals surface area contributed by atoms with E-state index in [1.807, 2.05) is 0 Å². The van der Waals surface area contributed by atoms with Crippen molar-refractivity contribution >= 4 is 11.5 Å². The fraction of sp³-hybridized carbons (Fsp3) is 0.368. The highest BCUT2D eigenvalue weighted by Crippen LogP contribution is 2.38. The van der Waals surface area contributed by atoms with Crippen LogP contribution in [-0.2, 0) is 5.60 Å². The van der Waals surface area contributed by atoms with E-state index in [4.69, 9.17) is 0 Å². The van der Waals surface area contributed by atoms with Gasteiger partial charge in [0.1, 0.15) is 23.5 Å². The molecule has 0 amide bonds. The zero-order chi connectivity index (χ0) is 21.7. The molecule has 160 valence electrons. The zero-order valence-electron chi connectivity index (χ0n) is 15.7. The van der Waals surface area contributed by atoms with E-state index in [-0.39, 0.29) is 29.4 Å². The number of aliphatic hydroxyl groups is 1. The number of nitrogens with zero attached hydrogens (tertiary/aromatic N) is 3. The van der Waals surface area contributed by atoms with Gasteiger partial charge >= 0.3 is 6.18 Å². The maximum atomic E-state index is 14.2. The van der Waals surface area contributed by atoms with Crippen molar-refractivity contribution in [3.63, 3.8) is 0 Å². The summed E-state index contributed by atoms with van der Waals surface area (Å²) in [6.45, 7) is 1.17. The van der Waals surface area contributed by atoms with Gasteiger partial charge in [0.25, 0.3) is 0 Å². The number of hydrogen-bond acceptors (Lipinski definition) is 5. The Hall–Kier alpha value is -2.79. The number of aromatic nitrogens is 3. The van der Waals surface area contributed by atoms with Crippen molar-refractivity contribution in [1.82, 2.24) is 19.7 Å². The summed E-state index contributed by atoms with van der Waals surface area (Å²) < 4.78 is 69.0. The van der Waals surface area contributed by atoms with Crippen molar-refractivity contribution in [3.05, 3.63) is 48.0 Å². The minimum atomic E-state index is -4.90. The van der Waals surface area contributed by atoms with E-state index in [0.717, 1.165) is 24.4 Å². The first-order chi connectivity index (χ1) is 14.1. The third kappa shape index (κ3) is 3.58. The van der Waals surface area contributed by atoms with Gasteiger partial charge < -0.3 is 15.7 Å². The number of nitrogens with one attached hydrogen (secondary N) is 2. The molecule has 3 N–H and O–H groups in total. The third-order valence-corrected chi connectivity index (χ3v) is 5.15. The van der Waals surface area contributed by atoms with Gasteiger partial charge in [0.15, 0.2) is 5.60 Å². The minimum absolute atomic E-state index is 0.0924. The Balaban J connectivity index is 1.75. The van der Waals surface area contributed by atoms with Gasteiger partial charge in [0.2, 0.25) is 0 Å². The Bertz CT molecular complexity index is 1080. The Labute approximate surface area is 167 Å². The molecule has 4 rings (SSSR count). The monoisotopic (exact) mass is 427 g/mol. The summed E-state index contributed by atoms with van der Waals surface area (Å²) in [6, 6.07) is 4.07. The Morgan fingerprint density at radius 1 is 1.23 bits per heavy atom. The lowest BCUT2D eigenvalue weighted by atomic mass is 9.97. The quantitative estimate of drug-likeness (QED) is 0.559. The molecule has 3 unspecified atom stereocenters. The highest BCUT2D eigenvalue weighted by molar-refractivity contribution is 5.62. The summed E-state index contributed by atoms with van der Waals surface area (Å²) in [7, 11) is 0. The molecule has 0 aromatic carbocycles. The molecule has 0 saturated carbocycles. The molecule has 3 atom stereocenters. The lowest BCUT2D eigenvalue weighted by Gasteiger charge is -2.26. The van der Waals surface area contributed by atoms with Gasteiger partial charge in [0.05, 0.1) is 23.6 Å². The second-order valence-corrected chi connectivity index (χ2v) is 7.34. The largest absolute Gasteiger partial charge is 0.421 e. The van der Waals surface area contributed by atoms with Gasteiger partial charge in [-0.2, -0.15) is 13.2 Å². The molecule has 1 aliphatic heterocycles. The first kappa shape index (κ1) is 20.5. The summed E-state index contributed by atoms with van der Waals surface area (Å²) in [4.78, 5) is 8.38. The Morgan fingerprint density at radius 2 is 2.00 bits per heavy atom. The third-order valence-electron chi connectivity index (χ3n) is 5.15. The first-order valence-corrected chi connectivity index (χ1v) is 9.12. The van der Waals surface area contributed by atoms with Crippen LogP contribution in [0.15, 0.2) is 36.7 Å². The molecular formula is C19H18F5N5O. The molecular weight excluding hydrogens is 409 g/mol. The average Bonchev–Trinajstić information content (AvgIpc) is 3.26. The Kier molecular flexibility index (Phi) is 4.89. The molecule has 1 aliphatic rings. The maximum Gasteiger partial charge on any atom is 0.421 e. The molecule has 3 aromatic heterocycles. The molecule has 1 fully saturated rings. The van der Waals surface area contributed by atoms with E-state index in [9.17, 15) is 27.1 Å². The van der Waals surface area contributed by atoms with Crippen LogP contribution in [0.2, 0.25) is 0 Å². The fourth-order valence-electron chi connectivity index (χ4n) is 3.30. The van der Waals surface area contributed by atoms with E-state index in [2.05, 4.69) is 20.6 Å². The zero-order valence-corrected chi connectivity index (χ0v) is 15.7. The first-order valence-electron chi connectivity index (χ1n) is 9.12. The second kappa shape index (κ2) is 7.17. The molecule has 0 spiro atoms. The molecule has 4 heterocycles. The number of halogens is 5. The maximum absolute atomic E-state index is 14.2. The van der Waals surface area contributed by atoms with Crippen molar-refractivity contribution in [2.45, 2.75) is 30.9 Å². The molecule has 6 nitrogen and oxygen atoms in total. The smallest absolute Gasteiger partial charge is 0.376 e. The van der Waals surface area contributed by atoms with Crippen LogP contribution < -0.4 is 10.6 Å². The Morgan fingerprint density at radius 3 is 2.67 bits per heavy atom. The topological polar surface area (TPSA) is 74.5 Å². The summed E-state index contributed by atoms with van der Waals surface area (Å²) in [5, 5.41) is 15.7. The molecule has 0 aliphatic carbocycles. The number of alkyl halides is 4. The lowest BCUT2D eigenvalue weighted by molar-refractivity contribution is -0.259. The fourth-order valence-corrected chi connectivity index (χ4v) is 3.30. The van der Waals surface area contributed by atoms with Crippen LogP contribution in [0.25, 0.3) is 17.0 Å². The summed E-state index contributed by atoms with van der Waals surface area (Å²) in [5.74, 6) is -0.563. The van der Waals surface area contributed by atoms with Crippen LogP contribution in [0.4, 0.5) is 27.8 Å². The van der Waals surface area contributed by atoms with Crippen molar-refractivity contribution in [2.75, 3.05) is 18.4 Å². The van der Waals surface area contributed by atoms with Crippen molar-refractivity contribution in [1.29, 1.82) is 0 Å². The molecule has 30 heavy (non-hydrogen) atoms. The van der Waals surface area contributed by atoms with Gasteiger partial charge in [-0.25, -0.2) is 18.7 Å². The van der Waals surface area contributed by atoms with E-state index in [1.54, 1.807) is 0 Å². The molecule has 11 heteroatoms. The summed E-state index contributed by atoms with van der Waals surface area (Å²) >= 11 is 0. The van der Waals surface area contributed by atoms with Gasteiger partial charge in [-0.05, 0) is 13.0 Å². The highest BCUT2D eigenvalue weighted by Gasteiger charge is 2.51. The number of imidazole rings is 1. The highest BCUT2D eigenvalue weighted by atomic mass is 19.4. The number of hydrogen-bond donors (Lipinski definition) is 3. The number of anilines is 1. The normalized spacial score (nSPS) is 21.7. The van der Waals surface area contributed by atoms with Crippen LogP contribution in [0, 0.1) is 5.82 Å². The average molecular weight is 427 g/mol. The minimum Gasteiger partial charge on any atom is -0.376 e. The van der Waals surface area contributed by atoms with Crippen LogP contribution in [0.5, 0.6) is 0 Å².